The van der Waals surface area contributed by atoms with Crippen molar-refractivity contribution >= 4 is 27.5 Å². The molecule has 4 heterocycles. The molecule has 8 rings (SSSR count). The molecule has 3 aliphatic heterocycles. The first-order valence-electron chi connectivity index (χ1n) is 17.3. The van der Waals surface area contributed by atoms with Crippen LogP contribution in [0.4, 0.5) is 19.0 Å². The zero-order chi connectivity index (χ0) is 34.0. The molecule has 256 valence electrons. The Hall–Kier alpha value is -4.11. The zero-order valence-corrected chi connectivity index (χ0v) is 27.9. The van der Waals surface area contributed by atoms with Gasteiger partial charge >= 0.3 is 6.01 Å². The fraction of sp³-hybridized carbons (Fsp3) is 0.474. The van der Waals surface area contributed by atoms with E-state index in [1.54, 1.807) is 0 Å². The standard InChI is InChI=1S/C38H41F3N6O2/c1-4-27-30(39)8-5-23-15-26(48)16-28(32(23)27)33-31(40)17-29-35(34(33)41)43-37(44-36(29)47-18-24-6-7-25(19-47)42-24)49-21-38(9-10-38)20-45-11-13-46(14-12-45)22(2)3/h1,5,8,15-17,22,24-25,42,48H,6-7,9-14,18-21H2,2-3H3. The largest absolute Gasteiger partial charge is 0.508 e. The van der Waals surface area contributed by atoms with Crippen LogP contribution in [0.15, 0.2) is 30.3 Å². The number of piperazine rings is 2. The Bertz CT molecular complexity index is 1970. The number of terminal acetylenes is 1. The highest BCUT2D eigenvalue weighted by atomic mass is 19.1. The maximum atomic E-state index is 16.9. The van der Waals surface area contributed by atoms with E-state index in [0.29, 0.717) is 36.9 Å². The average molecular weight is 671 g/mol. The van der Waals surface area contributed by atoms with Crippen LogP contribution in [0.2, 0.25) is 0 Å². The molecule has 2 N–H and O–H groups in total. The number of hydrogen-bond donors (Lipinski definition) is 2. The smallest absolute Gasteiger partial charge is 0.319 e. The number of rotatable bonds is 8. The quantitative estimate of drug-likeness (QED) is 0.232. The molecule has 2 unspecified atom stereocenters. The summed E-state index contributed by atoms with van der Waals surface area (Å²) in [5.74, 6) is -0.0329. The van der Waals surface area contributed by atoms with E-state index in [2.05, 4.69) is 44.8 Å². The second kappa shape index (κ2) is 12.3. The van der Waals surface area contributed by atoms with Crippen molar-refractivity contribution in [3.8, 4) is 35.2 Å². The van der Waals surface area contributed by atoms with Gasteiger partial charge in [-0.1, -0.05) is 12.0 Å². The second-order valence-electron chi connectivity index (χ2n) is 14.7. The summed E-state index contributed by atoms with van der Waals surface area (Å²) in [5.41, 5.74) is -0.778. The van der Waals surface area contributed by atoms with Gasteiger partial charge < -0.3 is 25.0 Å². The Kier molecular flexibility index (Phi) is 8.09. The monoisotopic (exact) mass is 670 g/mol. The van der Waals surface area contributed by atoms with Gasteiger partial charge in [-0.05, 0) is 69.2 Å². The first-order valence-corrected chi connectivity index (χ1v) is 17.3. The van der Waals surface area contributed by atoms with Crippen LogP contribution in [0.25, 0.3) is 32.8 Å². The second-order valence-corrected chi connectivity index (χ2v) is 14.7. The number of aromatic hydroxyl groups is 1. The molecular weight excluding hydrogens is 629 g/mol. The highest BCUT2D eigenvalue weighted by molar-refractivity contribution is 6.04. The summed E-state index contributed by atoms with van der Waals surface area (Å²) in [4.78, 5) is 16.4. The number of phenols is 1. The third-order valence-corrected chi connectivity index (χ3v) is 11.0. The lowest BCUT2D eigenvalue weighted by Gasteiger charge is -2.38. The SMILES string of the molecule is C#Cc1c(F)ccc2cc(O)cc(-c3c(F)cc4c(N5CC6CCC(C5)N6)nc(OCC5(CN6CCN(C(C)C)CC6)CC5)nc4c3F)c12. The van der Waals surface area contributed by atoms with Gasteiger partial charge in [0.1, 0.15) is 28.7 Å². The minimum absolute atomic E-state index is 0.0185. The van der Waals surface area contributed by atoms with Crippen molar-refractivity contribution in [2.75, 3.05) is 57.3 Å². The number of phenolic OH excluding ortho intramolecular Hbond substituents is 1. The van der Waals surface area contributed by atoms with Crippen molar-refractivity contribution < 1.29 is 23.0 Å². The molecule has 4 aliphatic rings. The van der Waals surface area contributed by atoms with Gasteiger partial charge in [-0.2, -0.15) is 9.97 Å². The summed E-state index contributed by atoms with van der Waals surface area (Å²) in [7, 11) is 0. The van der Waals surface area contributed by atoms with Crippen molar-refractivity contribution in [1.29, 1.82) is 0 Å². The average Bonchev–Trinajstić information content (AvgIpc) is 3.77. The van der Waals surface area contributed by atoms with Gasteiger partial charge in [0.15, 0.2) is 5.82 Å². The predicted molar refractivity (Wildman–Crippen MR) is 184 cm³/mol. The van der Waals surface area contributed by atoms with Gasteiger partial charge in [-0.15, -0.1) is 6.42 Å². The fourth-order valence-corrected chi connectivity index (χ4v) is 8.10. The fourth-order valence-electron chi connectivity index (χ4n) is 8.10. The van der Waals surface area contributed by atoms with Crippen molar-refractivity contribution in [1.82, 2.24) is 25.1 Å². The number of benzene rings is 3. The Morgan fingerprint density at radius 3 is 2.43 bits per heavy atom. The van der Waals surface area contributed by atoms with Crippen LogP contribution < -0.4 is 15.0 Å². The van der Waals surface area contributed by atoms with Crippen LogP contribution in [0.3, 0.4) is 0 Å². The maximum Gasteiger partial charge on any atom is 0.319 e. The van der Waals surface area contributed by atoms with Crippen molar-refractivity contribution in [2.45, 2.75) is 57.7 Å². The predicted octanol–water partition coefficient (Wildman–Crippen LogP) is 5.68. The van der Waals surface area contributed by atoms with Crippen molar-refractivity contribution in [3.05, 3.63) is 53.3 Å². The minimum Gasteiger partial charge on any atom is -0.508 e. The molecule has 3 aromatic carbocycles. The first kappa shape index (κ1) is 32.1. The lowest BCUT2D eigenvalue weighted by molar-refractivity contribution is 0.0805. The molecule has 0 spiro atoms. The number of nitrogens with zero attached hydrogens (tertiary/aromatic N) is 5. The molecule has 0 amide bonds. The van der Waals surface area contributed by atoms with Gasteiger partial charge in [0.25, 0.3) is 0 Å². The molecule has 2 bridgehead atoms. The van der Waals surface area contributed by atoms with Crippen molar-refractivity contribution in [2.24, 2.45) is 5.41 Å². The minimum atomic E-state index is -0.954. The summed E-state index contributed by atoms with van der Waals surface area (Å²) >= 11 is 0. The van der Waals surface area contributed by atoms with Crippen LogP contribution in [-0.2, 0) is 0 Å². The lowest BCUT2D eigenvalue weighted by atomic mass is 9.92. The Morgan fingerprint density at radius 2 is 1.76 bits per heavy atom. The van der Waals surface area contributed by atoms with Gasteiger partial charge in [-0.3, -0.25) is 4.90 Å². The molecule has 49 heavy (non-hydrogen) atoms. The first-order chi connectivity index (χ1) is 23.6. The molecule has 0 radical (unpaired) electrons. The van der Waals surface area contributed by atoms with Crippen LogP contribution in [0.1, 0.15) is 45.1 Å². The van der Waals surface area contributed by atoms with E-state index in [1.807, 2.05) is 0 Å². The molecule has 3 saturated heterocycles. The summed E-state index contributed by atoms with van der Waals surface area (Å²) in [5, 5.41) is 14.9. The van der Waals surface area contributed by atoms with Gasteiger partial charge in [0, 0.05) is 85.7 Å². The number of hydrogen-bond acceptors (Lipinski definition) is 8. The highest BCUT2D eigenvalue weighted by Gasteiger charge is 2.45. The van der Waals surface area contributed by atoms with Crippen LogP contribution in [0.5, 0.6) is 11.8 Å². The number of anilines is 1. The number of halogens is 3. The van der Waals surface area contributed by atoms with E-state index in [1.165, 1.54) is 30.3 Å². The summed E-state index contributed by atoms with van der Waals surface area (Å²) in [6.07, 6.45) is 9.78. The highest BCUT2D eigenvalue weighted by Crippen LogP contribution is 2.47. The topological polar surface area (TPSA) is 77.0 Å². The van der Waals surface area contributed by atoms with Crippen LogP contribution in [0, 0.1) is 35.2 Å². The third kappa shape index (κ3) is 5.94. The Labute approximate surface area is 284 Å². The molecule has 4 fully saturated rings. The Morgan fingerprint density at radius 1 is 1.02 bits per heavy atom. The number of nitrogens with one attached hydrogen (secondary N) is 1. The van der Waals surface area contributed by atoms with Gasteiger partial charge in [0.2, 0.25) is 0 Å². The maximum absolute atomic E-state index is 16.9. The zero-order valence-electron chi connectivity index (χ0n) is 27.9. The normalized spacial score (nSPS) is 22.3. The molecule has 4 aromatic rings. The summed E-state index contributed by atoms with van der Waals surface area (Å²) in [6.45, 7) is 11.2. The molecule has 1 saturated carbocycles. The van der Waals surface area contributed by atoms with Crippen LogP contribution >= 0.6 is 0 Å². The summed E-state index contributed by atoms with van der Waals surface area (Å²) < 4.78 is 54.4. The molecule has 1 aromatic heterocycles. The molecule has 2 atom stereocenters. The van der Waals surface area contributed by atoms with E-state index in [0.717, 1.165) is 58.4 Å². The Balaban J connectivity index is 1.19. The van der Waals surface area contributed by atoms with E-state index in [-0.39, 0.29) is 56.7 Å². The number of ether oxygens (including phenoxy) is 1. The number of fused-ring (bicyclic) bond motifs is 4. The van der Waals surface area contributed by atoms with E-state index in [4.69, 9.17) is 16.1 Å². The molecule has 1 aliphatic carbocycles. The molecular formula is C38H41F3N6O2. The van der Waals surface area contributed by atoms with Gasteiger partial charge in [0.05, 0.1) is 17.7 Å². The summed E-state index contributed by atoms with van der Waals surface area (Å²) in [6, 6.07) is 7.52. The number of aromatic nitrogens is 2. The molecule has 8 nitrogen and oxygen atoms in total. The molecule has 11 heteroatoms. The van der Waals surface area contributed by atoms with Gasteiger partial charge in [-0.25, -0.2) is 13.2 Å². The van der Waals surface area contributed by atoms with Crippen molar-refractivity contribution in [3.63, 3.8) is 0 Å². The van der Waals surface area contributed by atoms with Crippen LogP contribution in [-0.4, -0.2) is 95.4 Å². The lowest BCUT2D eigenvalue weighted by Crippen LogP contribution is -2.51. The van der Waals surface area contributed by atoms with E-state index < -0.39 is 23.0 Å². The van der Waals surface area contributed by atoms with E-state index in [9.17, 15) is 9.50 Å². The third-order valence-electron chi connectivity index (χ3n) is 11.0. The van der Waals surface area contributed by atoms with E-state index >= 15 is 8.78 Å².